The minimum Gasteiger partial charge on any atom is -0.357 e. The van der Waals surface area contributed by atoms with E-state index in [0.717, 1.165) is 17.2 Å². The highest BCUT2D eigenvalue weighted by molar-refractivity contribution is 6.30. The first-order chi connectivity index (χ1) is 6.25. The van der Waals surface area contributed by atoms with Crippen LogP contribution in [0.15, 0.2) is 24.3 Å². The van der Waals surface area contributed by atoms with Gasteiger partial charge in [-0.25, -0.2) is 0 Å². The number of hydrogen-bond donors (Lipinski definition) is 1. The Morgan fingerprint density at radius 2 is 2.38 bits per heavy atom. The van der Waals surface area contributed by atoms with Gasteiger partial charge in [-0.2, -0.15) is 0 Å². The summed E-state index contributed by atoms with van der Waals surface area (Å²) in [5, 5.41) is 4.07. The molecule has 0 bridgehead atoms. The Morgan fingerprint density at radius 1 is 1.54 bits per heavy atom. The number of rotatable bonds is 1. The van der Waals surface area contributed by atoms with Gasteiger partial charge >= 0.3 is 0 Å². The molecule has 3 heteroatoms. The van der Waals surface area contributed by atoms with Gasteiger partial charge in [-0.3, -0.25) is 5.32 Å². The topological polar surface area (TPSA) is 21.3 Å². The molecule has 2 nitrogen and oxygen atoms in total. The minimum absolute atomic E-state index is 0.00806. The Hall–Kier alpha value is -0.570. The Labute approximate surface area is 82.9 Å². The lowest BCUT2D eigenvalue weighted by Gasteiger charge is -2.10. The van der Waals surface area contributed by atoms with E-state index in [1.165, 1.54) is 0 Å². The van der Waals surface area contributed by atoms with Gasteiger partial charge < -0.3 is 4.74 Å². The van der Waals surface area contributed by atoms with Crippen LogP contribution in [0.1, 0.15) is 18.7 Å². The third kappa shape index (κ3) is 2.02. The molecule has 2 rings (SSSR count). The summed E-state index contributed by atoms with van der Waals surface area (Å²) in [4.78, 5) is 0. The van der Waals surface area contributed by atoms with Crippen LogP contribution in [0, 0.1) is 0 Å². The summed E-state index contributed by atoms with van der Waals surface area (Å²) in [6.45, 7) is 2.86. The number of ether oxygens (including phenoxy) is 1. The Kier molecular flexibility index (Phi) is 2.54. The second kappa shape index (κ2) is 3.66. The number of nitrogens with one attached hydrogen (secondary N) is 1. The van der Waals surface area contributed by atoms with Crippen molar-refractivity contribution in [2.45, 2.75) is 19.2 Å². The SMILES string of the molecule is CC1COC(c2cccc(Cl)c2)N1. The highest BCUT2D eigenvalue weighted by atomic mass is 35.5. The molecular formula is C10H12ClNO. The van der Waals surface area contributed by atoms with E-state index in [1.54, 1.807) is 0 Å². The van der Waals surface area contributed by atoms with E-state index in [0.29, 0.717) is 6.04 Å². The Morgan fingerprint density at radius 3 is 3.00 bits per heavy atom. The lowest BCUT2D eigenvalue weighted by molar-refractivity contribution is 0.101. The van der Waals surface area contributed by atoms with Crippen molar-refractivity contribution < 1.29 is 4.74 Å². The minimum atomic E-state index is 0.00806. The van der Waals surface area contributed by atoms with E-state index in [2.05, 4.69) is 12.2 Å². The summed E-state index contributed by atoms with van der Waals surface area (Å²) >= 11 is 5.88. The molecule has 2 unspecified atom stereocenters. The summed E-state index contributed by atoms with van der Waals surface area (Å²) in [5.41, 5.74) is 1.09. The fourth-order valence-corrected chi connectivity index (χ4v) is 1.66. The van der Waals surface area contributed by atoms with Crippen LogP contribution in [0.4, 0.5) is 0 Å². The summed E-state index contributed by atoms with van der Waals surface area (Å²) in [5.74, 6) is 0. The summed E-state index contributed by atoms with van der Waals surface area (Å²) in [6, 6.07) is 8.16. The van der Waals surface area contributed by atoms with Crippen LogP contribution in [0.3, 0.4) is 0 Å². The zero-order valence-corrected chi connectivity index (χ0v) is 8.21. The van der Waals surface area contributed by atoms with E-state index in [9.17, 15) is 0 Å². The Balaban J connectivity index is 2.16. The van der Waals surface area contributed by atoms with Crippen molar-refractivity contribution >= 4 is 11.6 Å². The smallest absolute Gasteiger partial charge is 0.134 e. The molecule has 0 spiro atoms. The fourth-order valence-electron chi connectivity index (χ4n) is 1.46. The Bertz CT molecular complexity index is 303. The third-order valence-corrected chi connectivity index (χ3v) is 2.34. The van der Waals surface area contributed by atoms with Gasteiger partial charge in [-0.05, 0) is 24.6 Å². The van der Waals surface area contributed by atoms with Crippen molar-refractivity contribution in [1.29, 1.82) is 0 Å². The van der Waals surface area contributed by atoms with Crippen LogP contribution in [0.25, 0.3) is 0 Å². The molecule has 0 radical (unpaired) electrons. The van der Waals surface area contributed by atoms with Gasteiger partial charge in [0.25, 0.3) is 0 Å². The summed E-state index contributed by atoms with van der Waals surface area (Å²) in [6.07, 6.45) is 0.00806. The lowest BCUT2D eigenvalue weighted by Crippen LogP contribution is -2.22. The maximum Gasteiger partial charge on any atom is 0.134 e. The molecule has 13 heavy (non-hydrogen) atoms. The predicted molar refractivity (Wildman–Crippen MR) is 52.7 cm³/mol. The molecule has 70 valence electrons. The van der Waals surface area contributed by atoms with Gasteiger partial charge in [0, 0.05) is 11.1 Å². The van der Waals surface area contributed by atoms with Gasteiger partial charge in [0.1, 0.15) is 6.23 Å². The van der Waals surface area contributed by atoms with Gasteiger partial charge in [-0.15, -0.1) is 0 Å². The lowest BCUT2D eigenvalue weighted by atomic mass is 10.2. The maximum absolute atomic E-state index is 5.88. The molecule has 1 fully saturated rings. The maximum atomic E-state index is 5.88. The molecule has 1 aliphatic rings. The number of halogens is 1. The average Bonchev–Trinajstić information content (AvgIpc) is 2.52. The van der Waals surface area contributed by atoms with Crippen molar-refractivity contribution in [3.8, 4) is 0 Å². The molecule has 0 aromatic heterocycles. The standard InChI is InChI=1S/C10H12ClNO/c1-7-6-13-10(12-7)8-3-2-4-9(11)5-8/h2-5,7,10,12H,6H2,1H3. The number of benzene rings is 1. The van der Waals surface area contributed by atoms with Gasteiger partial charge in [0.2, 0.25) is 0 Å². The molecule has 1 N–H and O–H groups in total. The molecule has 1 saturated heterocycles. The van der Waals surface area contributed by atoms with E-state index in [1.807, 2.05) is 24.3 Å². The highest BCUT2D eigenvalue weighted by Crippen LogP contribution is 2.22. The van der Waals surface area contributed by atoms with Crippen molar-refractivity contribution in [3.63, 3.8) is 0 Å². The van der Waals surface area contributed by atoms with Crippen LogP contribution in [0.2, 0.25) is 5.02 Å². The first kappa shape index (κ1) is 9.00. The van der Waals surface area contributed by atoms with Crippen LogP contribution in [0.5, 0.6) is 0 Å². The summed E-state index contributed by atoms with van der Waals surface area (Å²) in [7, 11) is 0. The average molecular weight is 198 g/mol. The summed E-state index contributed by atoms with van der Waals surface area (Å²) < 4.78 is 5.54. The fraction of sp³-hybridized carbons (Fsp3) is 0.400. The van der Waals surface area contributed by atoms with E-state index in [-0.39, 0.29) is 6.23 Å². The monoisotopic (exact) mass is 197 g/mol. The van der Waals surface area contributed by atoms with Gasteiger partial charge in [0.15, 0.2) is 0 Å². The second-order valence-corrected chi connectivity index (χ2v) is 3.77. The first-order valence-electron chi connectivity index (χ1n) is 4.39. The normalized spacial score (nSPS) is 27.8. The van der Waals surface area contributed by atoms with Crippen LogP contribution >= 0.6 is 11.6 Å². The van der Waals surface area contributed by atoms with E-state index in [4.69, 9.17) is 16.3 Å². The molecule has 1 aromatic carbocycles. The van der Waals surface area contributed by atoms with Crippen LogP contribution in [-0.2, 0) is 4.74 Å². The first-order valence-corrected chi connectivity index (χ1v) is 4.76. The third-order valence-electron chi connectivity index (χ3n) is 2.10. The van der Waals surface area contributed by atoms with Crippen molar-refractivity contribution in [2.75, 3.05) is 6.61 Å². The predicted octanol–water partition coefficient (Wildman–Crippen LogP) is 2.35. The van der Waals surface area contributed by atoms with Crippen molar-refractivity contribution in [3.05, 3.63) is 34.9 Å². The second-order valence-electron chi connectivity index (χ2n) is 3.34. The largest absolute Gasteiger partial charge is 0.357 e. The molecular weight excluding hydrogens is 186 g/mol. The molecule has 0 saturated carbocycles. The van der Waals surface area contributed by atoms with Gasteiger partial charge in [-0.1, -0.05) is 23.7 Å². The van der Waals surface area contributed by atoms with Gasteiger partial charge in [0.05, 0.1) is 6.61 Å². The molecule has 2 atom stereocenters. The van der Waals surface area contributed by atoms with E-state index < -0.39 is 0 Å². The highest BCUT2D eigenvalue weighted by Gasteiger charge is 2.21. The quantitative estimate of drug-likeness (QED) is 0.746. The van der Waals surface area contributed by atoms with E-state index >= 15 is 0 Å². The molecule has 1 aliphatic heterocycles. The van der Waals surface area contributed by atoms with Crippen molar-refractivity contribution in [1.82, 2.24) is 5.32 Å². The molecule has 0 amide bonds. The molecule has 0 aliphatic carbocycles. The zero-order chi connectivity index (χ0) is 9.26. The molecule has 1 aromatic rings. The van der Waals surface area contributed by atoms with Crippen molar-refractivity contribution in [2.24, 2.45) is 0 Å². The van der Waals surface area contributed by atoms with Crippen LogP contribution in [-0.4, -0.2) is 12.6 Å². The zero-order valence-electron chi connectivity index (χ0n) is 7.46. The number of hydrogen-bond acceptors (Lipinski definition) is 2. The molecule has 1 heterocycles. The van der Waals surface area contributed by atoms with Crippen LogP contribution < -0.4 is 5.32 Å².